The van der Waals surface area contributed by atoms with Gasteiger partial charge in [0, 0.05) is 19.2 Å². The summed E-state index contributed by atoms with van der Waals surface area (Å²) in [5.74, 6) is -0.208. The predicted octanol–water partition coefficient (Wildman–Crippen LogP) is 3.45. The largest absolute Gasteiger partial charge is 0.348 e. The summed E-state index contributed by atoms with van der Waals surface area (Å²) in [6.45, 7) is 6.42. The Morgan fingerprint density at radius 2 is 1.78 bits per heavy atom. The van der Waals surface area contributed by atoms with Crippen molar-refractivity contribution >= 4 is 21.6 Å². The van der Waals surface area contributed by atoms with Crippen LogP contribution in [0.2, 0.25) is 0 Å². The number of hydrogen-bond donors (Lipinski definition) is 1. The molecular weight excluding hydrogens is 360 g/mol. The Kier molecular flexibility index (Phi) is 6.65. The first kappa shape index (κ1) is 21.0. The molecule has 5 nitrogen and oxygen atoms in total. The van der Waals surface area contributed by atoms with E-state index in [0.29, 0.717) is 23.4 Å². The van der Waals surface area contributed by atoms with E-state index in [2.05, 4.69) is 37.4 Å². The minimum Gasteiger partial charge on any atom is -0.348 e. The Hall–Kier alpha value is -2.34. The van der Waals surface area contributed by atoms with E-state index in [-0.39, 0.29) is 5.91 Å². The molecule has 27 heavy (non-hydrogen) atoms. The number of carbonyl (C=O) groups excluding carboxylic acids is 1. The zero-order valence-corrected chi connectivity index (χ0v) is 17.5. The lowest BCUT2D eigenvalue weighted by Crippen LogP contribution is -2.28. The molecule has 2 rings (SSSR count). The number of nitrogens with zero attached hydrogens (tertiary/aromatic N) is 1. The summed E-state index contributed by atoms with van der Waals surface area (Å²) < 4.78 is 24.9. The molecule has 0 saturated carbocycles. The second-order valence-electron chi connectivity index (χ2n) is 6.67. The molecular formula is C21H28N2O3S. The molecule has 0 aliphatic heterocycles. The molecule has 0 bridgehead atoms. The van der Waals surface area contributed by atoms with Crippen molar-refractivity contribution in [3.05, 3.63) is 64.2 Å². The highest BCUT2D eigenvalue weighted by Crippen LogP contribution is 2.24. The van der Waals surface area contributed by atoms with Crippen molar-refractivity contribution in [1.29, 1.82) is 0 Å². The molecule has 0 spiro atoms. The maximum Gasteiger partial charge on any atom is 0.251 e. The van der Waals surface area contributed by atoms with Crippen molar-refractivity contribution in [2.45, 2.75) is 40.2 Å². The minimum absolute atomic E-state index is 0.208. The van der Waals surface area contributed by atoms with Crippen molar-refractivity contribution in [2.75, 3.05) is 17.6 Å². The highest BCUT2D eigenvalue weighted by atomic mass is 32.2. The van der Waals surface area contributed by atoms with Crippen LogP contribution in [0.25, 0.3) is 0 Å². The van der Waals surface area contributed by atoms with E-state index in [1.165, 1.54) is 22.5 Å². The van der Waals surface area contributed by atoms with E-state index in [9.17, 15) is 13.2 Å². The van der Waals surface area contributed by atoms with Crippen molar-refractivity contribution in [2.24, 2.45) is 0 Å². The minimum atomic E-state index is -3.39. The molecule has 1 amide bonds. The maximum absolute atomic E-state index is 12.7. The topological polar surface area (TPSA) is 66.5 Å². The fraction of sp³-hybridized carbons (Fsp3) is 0.381. The molecule has 2 aromatic carbocycles. The lowest BCUT2D eigenvalue weighted by Gasteiger charge is -2.20. The SMILES string of the molecule is CCc1ccc(CC)c(CNC(=O)c2cccc(N(C)S(C)(=O)=O)c2C)c1. The molecule has 6 heteroatoms. The number of carbonyl (C=O) groups is 1. The first-order valence-electron chi connectivity index (χ1n) is 9.11. The van der Waals surface area contributed by atoms with E-state index in [1.54, 1.807) is 25.1 Å². The van der Waals surface area contributed by atoms with Crippen molar-refractivity contribution in [3.63, 3.8) is 0 Å². The third kappa shape index (κ3) is 4.89. The fourth-order valence-electron chi connectivity index (χ4n) is 3.07. The van der Waals surface area contributed by atoms with Crippen LogP contribution in [0, 0.1) is 6.92 Å². The van der Waals surface area contributed by atoms with Crippen molar-refractivity contribution in [1.82, 2.24) is 5.32 Å². The molecule has 0 heterocycles. The summed E-state index contributed by atoms with van der Waals surface area (Å²) in [6.07, 6.45) is 3.00. The summed E-state index contributed by atoms with van der Waals surface area (Å²) >= 11 is 0. The lowest BCUT2D eigenvalue weighted by atomic mass is 10.0. The van der Waals surface area contributed by atoms with E-state index >= 15 is 0 Å². The summed E-state index contributed by atoms with van der Waals surface area (Å²) in [4.78, 5) is 12.7. The standard InChI is InChI=1S/C21H28N2O3S/c1-6-16-11-12-17(7-2)18(13-16)14-22-21(24)19-9-8-10-20(15(19)3)23(4)27(5,25)26/h8-13H,6-7,14H2,1-5H3,(H,22,24). The summed E-state index contributed by atoms with van der Waals surface area (Å²) in [5, 5.41) is 2.98. The first-order valence-corrected chi connectivity index (χ1v) is 11.0. The molecule has 2 aromatic rings. The number of sulfonamides is 1. The van der Waals surface area contributed by atoms with Gasteiger partial charge in [-0.3, -0.25) is 9.10 Å². The Bertz CT molecular complexity index is 936. The first-order chi connectivity index (χ1) is 12.7. The smallest absolute Gasteiger partial charge is 0.251 e. The van der Waals surface area contributed by atoms with Crippen LogP contribution in [-0.4, -0.2) is 27.6 Å². The third-order valence-corrected chi connectivity index (χ3v) is 6.08. The number of amides is 1. The monoisotopic (exact) mass is 388 g/mol. The van der Waals surface area contributed by atoms with E-state index in [1.807, 2.05) is 0 Å². The molecule has 0 aliphatic rings. The van der Waals surface area contributed by atoms with Crippen LogP contribution in [0.1, 0.15) is 46.5 Å². The van der Waals surface area contributed by atoms with Gasteiger partial charge < -0.3 is 5.32 Å². The third-order valence-electron chi connectivity index (χ3n) is 4.89. The zero-order valence-electron chi connectivity index (χ0n) is 16.7. The summed E-state index contributed by atoms with van der Waals surface area (Å²) in [7, 11) is -1.90. The molecule has 0 radical (unpaired) electrons. The number of rotatable bonds is 7. The number of hydrogen-bond acceptors (Lipinski definition) is 3. The van der Waals surface area contributed by atoms with Crippen LogP contribution >= 0.6 is 0 Å². The van der Waals surface area contributed by atoms with Gasteiger partial charge in [-0.05, 0) is 54.2 Å². The van der Waals surface area contributed by atoms with E-state index in [4.69, 9.17) is 0 Å². The molecule has 0 aromatic heterocycles. The van der Waals surface area contributed by atoms with Gasteiger partial charge in [-0.1, -0.05) is 38.1 Å². The summed E-state index contributed by atoms with van der Waals surface area (Å²) in [6, 6.07) is 11.5. The van der Waals surface area contributed by atoms with Gasteiger partial charge in [-0.15, -0.1) is 0 Å². The van der Waals surface area contributed by atoms with Crippen LogP contribution in [0.3, 0.4) is 0 Å². The Morgan fingerprint density at radius 3 is 2.37 bits per heavy atom. The average molecular weight is 389 g/mol. The quantitative estimate of drug-likeness (QED) is 0.790. The van der Waals surface area contributed by atoms with Gasteiger partial charge in [-0.2, -0.15) is 0 Å². The Morgan fingerprint density at radius 1 is 1.07 bits per heavy atom. The second kappa shape index (κ2) is 8.57. The van der Waals surface area contributed by atoms with Gasteiger partial charge in [0.25, 0.3) is 5.91 Å². The van der Waals surface area contributed by atoms with Crippen molar-refractivity contribution < 1.29 is 13.2 Å². The van der Waals surface area contributed by atoms with Gasteiger partial charge >= 0.3 is 0 Å². The Balaban J connectivity index is 2.25. The van der Waals surface area contributed by atoms with Gasteiger partial charge in [0.2, 0.25) is 10.0 Å². The predicted molar refractivity (Wildman–Crippen MR) is 111 cm³/mol. The number of anilines is 1. The van der Waals surface area contributed by atoms with Gasteiger partial charge in [0.1, 0.15) is 0 Å². The van der Waals surface area contributed by atoms with Crippen LogP contribution in [-0.2, 0) is 29.4 Å². The number of aryl methyl sites for hydroxylation is 2. The van der Waals surface area contributed by atoms with E-state index < -0.39 is 10.0 Å². The maximum atomic E-state index is 12.7. The average Bonchev–Trinajstić information content (AvgIpc) is 2.64. The fourth-order valence-corrected chi connectivity index (χ4v) is 3.62. The number of nitrogens with one attached hydrogen (secondary N) is 1. The van der Waals surface area contributed by atoms with Gasteiger partial charge in [0.05, 0.1) is 11.9 Å². The molecule has 0 fully saturated rings. The van der Waals surface area contributed by atoms with Gasteiger partial charge in [-0.25, -0.2) is 8.42 Å². The lowest BCUT2D eigenvalue weighted by molar-refractivity contribution is 0.0950. The Labute approximate surface area is 162 Å². The molecule has 146 valence electrons. The molecule has 0 aliphatic carbocycles. The van der Waals surface area contributed by atoms with Crippen LogP contribution in [0.15, 0.2) is 36.4 Å². The highest BCUT2D eigenvalue weighted by molar-refractivity contribution is 7.92. The second-order valence-corrected chi connectivity index (χ2v) is 8.69. The van der Waals surface area contributed by atoms with Crippen LogP contribution in [0.5, 0.6) is 0 Å². The number of benzene rings is 2. The zero-order chi connectivity index (χ0) is 20.2. The van der Waals surface area contributed by atoms with Crippen molar-refractivity contribution in [3.8, 4) is 0 Å². The molecule has 0 saturated heterocycles. The normalized spacial score (nSPS) is 11.3. The molecule has 1 N–H and O–H groups in total. The highest BCUT2D eigenvalue weighted by Gasteiger charge is 2.18. The van der Waals surface area contributed by atoms with E-state index in [0.717, 1.165) is 24.7 Å². The molecule has 0 atom stereocenters. The molecule has 0 unspecified atom stereocenters. The van der Waals surface area contributed by atoms with Gasteiger partial charge in [0.15, 0.2) is 0 Å². The van der Waals surface area contributed by atoms with Crippen LogP contribution in [0.4, 0.5) is 5.69 Å². The van der Waals surface area contributed by atoms with Crippen LogP contribution < -0.4 is 9.62 Å². The summed E-state index contributed by atoms with van der Waals surface area (Å²) in [5.41, 5.74) is 5.20.